The molecule has 0 spiro atoms. The molecule has 3 heteroatoms. The molecule has 2 aromatic heterocycles. The van der Waals surface area contributed by atoms with Gasteiger partial charge in [-0.1, -0.05) is 91.0 Å². The first-order valence-electron chi connectivity index (χ1n) is 14.1. The van der Waals surface area contributed by atoms with Crippen LogP contribution in [-0.4, -0.2) is 9.97 Å². The molecule has 0 aliphatic heterocycles. The third-order valence-electron chi connectivity index (χ3n) is 8.01. The molecule has 0 bridgehead atoms. The summed E-state index contributed by atoms with van der Waals surface area (Å²) in [5, 5.41) is 2.52. The predicted octanol–water partition coefficient (Wildman–Crippen LogP) is 10.4. The zero-order valence-electron chi connectivity index (χ0n) is 23.1. The summed E-state index contributed by atoms with van der Waals surface area (Å²) in [5.41, 5.74) is 12.3. The molecule has 2 heterocycles. The Morgan fingerprint density at radius 2 is 1.05 bits per heavy atom. The third kappa shape index (κ3) is 4.15. The summed E-state index contributed by atoms with van der Waals surface area (Å²) >= 11 is 0. The van der Waals surface area contributed by atoms with Gasteiger partial charge in [-0.2, -0.15) is 0 Å². The van der Waals surface area contributed by atoms with Crippen molar-refractivity contribution < 1.29 is 4.74 Å². The molecule has 0 amide bonds. The lowest BCUT2D eigenvalue weighted by Crippen LogP contribution is -1.92. The normalized spacial score (nSPS) is 11.5. The molecule has 0 radical (unpaired) electrons. The van der Waals surface area contributed by atoms with Gasteiger partial charge in [0.25, 0.3) is 0 Å². The number of fused-ring (bicyclic) bond motifs is 5. The van der Waals surface area contributed by atoms with Crippen molar-refractivity contribution in [2.45, 2.75) is 6.92 Å². The van der Waals surface area contributed by atoms with E-state index < -0.39 is 0 Å². The number of benzene rings is 5. The quantitative estimate of drug-likeness (QED) is 0.224. The number of aryl methyl sites for hydroxylation is 1. The Kier molecular flexibility index (Phi) is 5.68. The van der Waals surface area contributed by atoms with Gasteiger partial charge in [-0.05, 0) is 87.5 Å². The molecular weight excluding hydrogens is 512 g/mol. The van der Waals surface area contributed by atoms with Crippen molar-refractivity contribution in [3.8, 4) is 67.4 Å². The van der Waals surface area contributed by atoms with E-state index in [0.717, 1.165) is 45.1 Å². The van der Waals surface area contributed by atoms with Gasteiger partial charge in [0.1, 0.15) is 11.5 Å². The van der Waals surface area contributed by atoms with Crippen LogP contribution in [0.1, 0.15) is 5.56 Å². The fraction of sp³-hybridized carbons (Fsp3) is 0.0256. The van der Waals surface area contributed by atoms with Crippen molar-refractivity contribution in [1.29, 1.82) is 0 Å². The fourth-order valence-corrected chi connectivity index (χ4v) is 6.01. The number of aromatic nitrogens is 2. The molecule has 42 heavy (non-hydrogen) atoms. The van der Waals surface area contributed by atoms with Crippen LogP contribution < -0.4 is 4.74 Å². The molecule has 3 nitrogen and oxygen atoms in total. The van der Waals surface area contributed by atoms with Crippen LogP contribution in [0.25, 0.3) is 66.7 Å². The van der Waals surface area contributed by atoms with E-state index in [9.17, 15) is 0 Å². The van der Waals surface area contributed by atoms with Crippen LogP contribution in [0.15, 0.2) is 140 Å². The summed E-state index contributed by atoms with van der Waals surface area (Å²) in [6.45, 7) is 2.04. The van der Waals surface area contributed by atoms with Gasteiger partial charge in [0.2, 0.25) is 0 Å². The van der Waals surface area contributed by atoms with Crippen LogP contribution in [0.2, 0.25) is 0 Å². The van der Waals surface area contributed by atoms with E-state index in [-0.39, 0.29) is 0 Å². The number of hydrogen-bond acceptors (Lipinski definition) is 3. The van der Waals surface area contributed by atoms with Crippen LogP contribution in [0, 0.1) is 6.92 Å². The Morgan fingerprint density at radius 3 is 1.74 bits per heavy atom. The molecule has 0 saturated heterocycles. The maximum atomic E-state index is 6.34. The molecule has 0 saturated carbocycles. The second kappa shape index (κ2) is 9.83. The van der Waals surface area contributed by atoms with Gasteiger partial charge < -0.3 is 4.74 Å². The molecule has 0 atom stereocenters. The van der Waals surface area contributed by atoms with Crippen LogP contribution in [0.4, 0.5) is 0 Å². The van der Waals surface area contributed by atoms with Crippen molar-refractivity contribution in [3.63, 3.8) is 0 Å². The molecule has 1 aliphatic rings. The molecule has 8 rings (SSSR count). The van der Waals surface area contributed by atoms with Crippen LogP contribution in [0.3, 0.4) is 0 Å². The Morgan fingerprint density at radius 1 is 0.452 bits per heavy atom. The maximum Gasteiger partial charge on any atom is 0.128 e. The lowest BCUT2D eigenvalue weighted by Gasteiger charge is -2.13. The maximum absolute atomic E-state index is 6.34. The van der Waals surface area contributed by atoms with Crippen molar-refractivity contribution in [3.05, 3.63) is 145 Å². The average Bonchev–Trinajstić information content (AvgIpc) is 3.16. The van der Waals surface area contributed by atoms with Gasteiger partial charge in [0.05, 0.1) is 11.4 Å². The van der Waals surface area contributed by atoms with Gasteiger partial charge in [-0.3, -0.25) is 9.97 Å². The molecule has 1 aliphatic carbocycles. The summed E-state index contributed by atoms with van der Waals surface area (Å²) in [5.74, 6) is 1.53. The lowest BCUT2D eigenvalue weighted by molar-refractivity contribution is 0.483. The van der Waals surface area contributed by atoms with Crippen molar-refractivity contribution in [2.24, 2.45) is 0 Å². The SMILES string of the molecule is Cc1ccc(-c2cccc(Oc3cccc(-c4cc5c(cn4)-c4ccccc4-c4cccc6cccc-5c46)c3)c2)nc1. The van der Waals surface area contributed by atoms with E-state index in [0.29, 0.717) is 0 Å². The molecule has 7 aromatic rings. The van der Waals surface area contributed by atoms with Crippen LogP contribution >= 0.6 is 0 Å². The van der Waals surface area contributed by atoms with E-state index in [1.165, 1.54) is 38.6 Å². The minimum absolute atomic E-state index is 0.760. The minimum atomic E-state index is 0.760. The Hall–Kier alpha value is -5.54. The van der Waals surface area contributed by atoms with E-state index in [2.05, 4.69) is 96.0 Å². The molecule has 198 valence electrons. The number of pyridine rings is 2. The highest BCUT2D eigenvalue weighted by Gasteiger charge is 2.22. The zero-order chi connectivity index (χ0) is 28.0. The first-order chi connectivity index (χ1) is 20.7. The summed E-state index contributed by atoms with van der Waals surface area (Å²) in [6.07, 6.45) is 3.91. The van der Waals surface area contributed by atoms with Crippen molar-refractivity contribution in [2.75, 3.05) is 0 Å². The first-order valence-corrected chi connectivity index (χ1v) is 14.1. The Balaban J connectivity index is 1.20. The lowest BCUT2D eigenvalue weighted by atomic mass is 9.93. The average molecular weight is 539 g/mol. The van der Waals surface area contributed by atoms with Gasteiger partial charge in [-0.25, -0.2) is 0 Å². The highest BCUT2D eigenvalue weighted by Crippen LogP contribution is 2.47. The first kappa shape index (κ1) is 24.3. The summed E-state index contributed by atoms with van der Waals surface area (Å²) in [7, 11) is 0. The third-order valence-corrected chi connectivity index (χ3v) is 8.01. The van der Waals surface area contributed by atoms with Gasteiger partial charge in [0.15, 0.2) is 0 Å². The van der Waals surface area contributed by atoms with Gasteiger partial charge >= 0.3 is 0 Å². The molecular formula is C39H26N2O. The second-order valence-corrected chi connectivity index (χ2v) is 10.7. The largest absolute Gasteiger partial charge is 0.457 e. The van der Waals surface area contributed by atoms with Gasteiger partial charge in [-0.15, -0.1) is 0 Å². The molecule has 0 fully saturated rings. The number of hydrogen-bond donors (Lipinski definition) is 0. The summed E-state index contributed by atoms with van der Waals surface area (Å²) < 4.78 is 6.34. The zero-order valence-corrected chi connectivity index (χ0v) is 23.1. The van der Waals surface area contributed by atoms with Crippen molar-refractivity contribution >= 4 is 10.8 Å². The highest BCUT2D eigenvalue weighted by atomic mass is 16.5. The number of nitrogens with zero attached hydrogens (tertiary/aromatic N) is 2. The summed E-state index contributed by atoms with van der Waals surface area (Å²) in [6, 6.07) is 44.4. The monoisotopic (exact) mass is 538 g/mol. The predicted molar refractivity (Wildman–Crippen MR) is 172 cm³/mol. The fourth-order valence-electron chi connectivity index (χ4n) is 6.01. The highest BCUT2D eigenvalue weighted by molar-refractivity contribution is 6.13. The number of rotatable bonds is 4. The second-order valence-electron chi connectivity index (χ2n) is 10.7. The Labute approximate surface area is 244 Å². The smallest absolute Gasteiger partial charge is 0.128 e. The van der Waals surface area contributed by atoms with E-state index in [1.807, 2.05) is 55.7 Å². The number of ether oxygens (including phenoxy) is 1. The standard InChI is InChI=1S/C39H26N2O/c1-25-18-19-37(40-23-25)27-10-4-12-29(20-27)42-30-13-5-11-28(21-30)38-22-35-34-17-7-9-26-8-6-16-33(39(26)34)31-14-2-3-15-32(31)36(35)24-41-38/h2-24H,1H3. The van der Waals surface area contributed by atoms with E-state index in [1.54, 1.807) is 0 Å². The topological polar surface area (TPSA) is 35.0 Å². The van der Waals surface area contributed by atoms with E-state index in [4.69, 9.17) is 9.72 Å². The molecule has 5 aromatic carbocycles. The van der Waals surface area contributed by atoms with Crippen LogP contribution in [0.5, 0.6) is 11.5 Å². The minimum Gasteiger partial charge on any atom is -0.457 e. The van der Waals surface area contributed by atoms with Crippen molar-refractivity contribution in [1.82, 2.24) is 9.97 Å². The Bertz CT molecular complexity index is 2120. The van der Waals surface area contributed by atoms with Gasteiger partial charge in [0, 0.05) is 29.1 Å². The van der Waals surface area contributed by atoms with Crippen LogP contribution in [-0.2, 0) is 0 Å². The molecule has 0 N–H and O–H groups in total. The summed E-state index contributed by atoms with van der Waals surface area (Å²) in [4.78, 5) is 9.55. The molecule has 0 unspecified atom stereocenters. The van der Waals surface area contributed by atoms with E-state index >= 15 is 0 Å².